The molecule has 0 aromatic heterocycles. The maximum absolute atomic E-state index is 12.0. The fourth-order valence-electron chi connectivity index (χ4n) is 14.0. The van der Waals surface area contributed by atoms with E-state index in [1.165, 1.54) is 95.6 Å². The molecule has 9 aliphatic rings. The first kappa shape index (κ1) is 39.0. The van der Waals surface area contributed by atoms with E-state index in [4.69, 9.17) is 22.4 Å². The van der Waals surface area contributed by atoms with Crippen LogP contribution >= 0.6 is 12.6 Å². The molecule has 19 unspecified atom stereocenters. The molecule has 4 aliphatic carbocycles. The lowest BCUT2D eigenvalue weighted by Crippen LogP contribution is -2.61. The van der Waals surface area contributed by atoms with E-state index in [0.29, 0.717) is 66.0 Å². The van der Waals surface area contributed by atoms with Crippen molar-refractivity contribution >= 4 is 18.3 Å². The summed E-state index contributed by atoms with van der Waals surface area (Å²) in [5.41, 5.74) is 1.50. The van der Waals surface area contributed by atoms with Crippen LogP contribution in [0.25, 0.3) is 0 Å². The molecule has 7 fully saturated rings. The SMILES string of the molecule is CC1CCC(C2CCC3C(C2)CC2C4CCC(C5=NC(C6CCCN6C(O)C(NC(S)C6CC6C)C(C)C)C(C)CC5)CC4OC(C4CC=CCC4)N32)N1. The Balaban J connectivity index is 0.901. The quantitative estimate of drug-likeness (QED) is 0.103. The Hall–Kier alpha value is -0.480. The predicted octanol–water partition coefficient (Wildman–Crippen LogP) is 8.03. The number of fused-ring (bicyclic) bond motifs is 5. The van der Waals surface area contributed by atoms with Crippen LogP contribution in [0.2, 0.25) is 0 Å². The number of aliphatic hydroxyl groups is 1. The van der Waals surface area contributed by atoms with Gasteiger partial charge in [-0.25, -0.2) is 0 Å². The molecule has 4 saturated heterocycles. The van der Waals surface area contributed by atoms with E-state index in [2.05, 4.69) is 67.2 Å². The molecule has 54 heavy (non-hydrogen) atoms. The topological polar surface area (TPSA) is 72.4 Å². The maximum atomic E-state index is 12.0. The first-order valence-corrected chi connectivity index (χ1v) is 23.9. The van der Waals surface area contributed by atoms with E-state index < -0.39 is 6.23 Å². The Bertz CT molecular complexity index is 1360. The van der Waals surface area contributed by atoms with E-state index in [-0.39, 0.29) is 17.5 Å². The molecule has 3 N–H and O–H groups in total. The van der Waals surface area contributed by atoms with Gasteiger partial charge in [-0.05, 0) is 158 Å². The first-order chi connectivity index (χ1) is 26.1. The molecular formula is C46H77N5O2S. The Labute approximate surface area is 334 Å². The molecule has 0 spiro atoms. The molecular weight excluding hydrogens is 687 g/mol. The Morgan fingerprint density at radius 3 is 2.46 bits per heavy atom. The van der Waals surface area contributed by atoms with Gasteiger partial charge in [-0.15, -0.1) is 0 Å². The normalized spacial score (nSPS) is 48.6. The molecule has 9 rings (SSSR count). The molecule has 0 aromatic carbocycles. The van der Waals surface area contributed by atoms with E-state index in [9.17, 15) is 5.11 Å². The molecule has 0 amide bonds. The molecule has 5 heterocycles. The Morgan fingerprint density at radius 2 is 1.72 bits per heavy atom. The fourth-order valence-corrected chi connectivity index (χ4v) is 14.6. The molecule has 304 valence electrons. The molecule has 3 saturated carbocycles. The summed E-state index contributed by atoms with van der Waals surface area (Å²) in [6, 6.07) is 3.51. The van der Waals surface area contributed by atoms with Gasteiger partial charge in [0.05, 0.1) is 17.5 Å². The van der Waals surface area contributed by atoms with Crippen LogP contribution in [0.3, 0.4) is 0 Å². The summed E-state index contributed by atoms with van der Waals surface area (Å²) in [5, 5.41) is 20.0. The molecule has 5 aliphatic heterocycles. The number of aliphatic imine (C=N–C) groups is 1. The second-order valence-corrected chi connectivity index (χ2v) is 21.5. The highest BCUT2D eigenvalue weighted by molar-refractivity contribution is 7.80. The zero-order valence-electron chi connectivity index (χ0n) is 34.6. The smallest absolute Gasteiger partial charge is 0.123 e. The second-order valence-electron chi connectivity index (χ2n) is 20.9. The minimum atomic E-state index is -0.502. The van der Waals surface area contributed by atoms with Crippen LogP contribution in [-0.2, 0) is 4.74 Å². The summed E-state index contributed by atoms with van der Waals surface area (Å²) in [5.74, 6) is 5.84. The number of hydrogen-bond donors (Lipinski definition) is 4. The minimum Gasteiger partial charge on any atom is -0.377 e. The van der Waals surface area contributed by atoms with Crippen molar-refractivity contribution in [1.29, 1.82) is 0 Å². The van der Waals surface area contributed by atoms with Gasteiger partial charge in [0.25, 0.3) is 0 Å². The van der Waals surface area contributed by atoms with Crippen LogP contribution in [-0.4, -0.2) is 93.4 Å². The van der Waals surface area contributed by atoms with E-state index in [0.717, 1.165) is 55.6 Å². The van der Waals surface area contributed by atoms with Gasteiger partial charge in [0.1, 0.15) is 12.5 Å². The van der Waals surface area contributed by atoms with Crippen molar-refractivity contribution in [3.63, 3.8) is 0 Å². The van der Waals surface area contributed by atoms with Gasteiger partial charge in [0.2, 0.25) is 0 Å². The highest BCUT2D eigenvalue weighted by atomic mass is 32.1. The van der Waals surface area contributed by atoms with Crippen molar-refractivity contribution in [2.75, 3.05) is 6.54 Å². The van der Waals surface area contributed by atoms with E-state index in [1.54, 1.807) is 0 Å². The number of allylic oxidation sites excluding steroid dienone is 2. The number of rotatable bonds is 10. The zero-order chi connectivity index (χ0) is 37.2. The Kier molecular flexibility index (Phi) is 11.8. The van der Waals surface area contributed by atoms with Crippen LogP contribution < -0.4 is 10.6 Å². The molecule has 0 aromatic rings. The van der Waals surface area contributed by atoms with Crippen LogP contribution in [0, 0.1) is 53.3 Å². The number of ether oxygens (including phenoxy) is 1. The minimum absolute atomic E-state index is 0.0162. The van der Waals surface area contributed by atoms with Crippen LogP contribution in [0.1, 0.15) is 144 Å². The van der Waals surface area contributed by atoms with Gasteiger partial charge >= 0.3 is 0 Å². The third-order valence-electron chi connectivity index (χ3n) is 17.2. The average molecular weight is 764 g/mol. The lowest BCUT2D eigenvalue weighted by Gasteiger charge is -2.54. The zero-order valence-corrected chi connectivity index (χ0v) is 35.5. The van der Waals surface area contributed by atoms with Crippen molar-refractivity contribution in [3.8, 4) is 0 Å². The molecule has 19 atom stereocenters. The van der Waals surface area contributed by atoms with Crippen LogP contribution in [0.4, 0.5) is 0 Å². The number of aliphatic hydroxyl groups excluding tert-OH is 1. The van der Waals surface area contributed by atoms with Crippen molar-refractivity contribution < 1.29 is 9.84 Å². The highest BCUT2D eigenvalue weighted by Crippen LogP contribution is 2.54. The monoisotopic (exact) mass is 764 g/mol. The Morgan fingerprint density at radius 1 is 0.870 bits per heavy atom. The summed E-state index contributed by atoms with van der Waals surface area (Å²) < 4.78 is 7.53. The molecule has 0 radical (unpaired) electrons. The standard InChI is InChI=1S/C46H77N5O2S/c1-26(2)42(49-44(54)35-22-28(35)4)45(52)50-21-9-12-39(50)43-27(3)13-18-37(48-43)32-15-17-34-40-24-33-23-31(36-19-14-29(5)47-36)16-20-38(33)51(40)46(53-41(34)25-32)30-10-7-6-8-11-30/h6-7,26-36,38-47,49,52,54H,8-25H2,1-5H3. The largest absolute Gasteiger partial charge is 0.377 e. The average Bonchev–Trinajstić information content (AvgIpc) is 3.51. The number of nitrogens with one attached hydrogen (secondary N) is 2. The van der Waals surface area contributed by atoms with E-state index >= 15 is 0 Å². The van der Waals surface area contributed by atoms with Gasteiger partial charge < -0.3 is 15.2 Å². The lowest BCUT2D eigenvalue weighted by molar-refractivity contribution is -0.226. The second kappa shape index (κ2) is 16.3. The number of hydrogen-bond acceptors (Lipinski definition) is 8. The van der Waals surface area contributed by atoms with E-state index in [1.807, 2.05) is 0 Å². The van der Waals surface area contributed by atoms with Crippen molar-refractivity contribution in [1.82, 2.24) is 20.4 Å². The summed E-state index contributed by atoms with van der Waals surface area (Å²) in [6.07, 6.45) is 26.8. The lowest BCUT2D eigenvalue weighted by atomic mass is 9.70. The maximum Gasteiger partial charge on any atom is 0.123 e. The molecule has 8 heteroatoms. The summed E-state index contributed by atoms with van der Waals surface area (Å²) >= 11 is 4.98. The van der Waals surface area contributed by atoms with Crippen molar-refractivity contribution in [2.45, 2.75) is 210 Å². The van der Waals surface area contributed by atoms with Crippen LogP contribution in [0.15, 0.2) is 17.1 Å². The van der Waals surface area contributed by atoms with Gasteiger partial charge in [-0.2, -0.15) is 12.6 Å². The highest BCUT2D eigenvalue weighted by Gasteiger charge is 2.57. The summed E-state index contributed by atoms with van der Waals surface area (Å²) in [7, 11) is 0. The third-order valence-corrected chi connectivity index (χ3v) is 17.7. The van der Waals surface area contributed by atoms with Gasteiger partial charge in [-0.3, -0.25) is 20.1 Å². The predicted molar refractivity (Wildman–Crippen MR) is 224 cm³/mol. The summed E-state index contributed by atoms with van der Waals surface area (Å²) in [4.78, 5) is 11.3. The fraction of sp³-hybridized carbons (Fsp3) is 0.935. The number of thiol groups is 1. The van der Waals surface area contributed by atoms with Gasteiger partial charge in [0, 0.05) is 60.3 Å². The van der Waals surface area contributed by atoms with Gasteiger partial charge in [-0.1, -0.05) is 39.8 Å². The summed E-state index contributed by atoms with van der Waals surface area (Å²) in [6.45, 7) is 12.6. The van der Waals surface area contributed by atoms with Crippen molar-refractivity contribution in [3.05, 3.63) is 12.2 Å². The van der Waals surface area contributed by atoms with Crippen molar-refractivity contribution in [2.24, 2.45) is 58.3 Å². The third kappa shape index (κ3) is 7.60. The first-order valence-electron chi connectivity index (χ1n) is 23.4. The molecule has 0 bridgehead atoms. The number of nitrogens with zero attached hydrogens (tertiary/aromatic N) is 3. The van der Waals surface area contributed by atoms with Gasteiger partial charge in [0.15, 0.2) is 0 Å². The molecule has 7 nitrogen and oxygen atoms in total. The number of likely N-dealkylation sites (tertiary alicyclic amines) is 1. The van der Waals surface area contributed by atoms with Crippen LogP contribution in [0.5, 0.6) is 0 Å².